The Labute approximate surface area is 218 Å². The van der Waals surface area contributed by atoms with Gasteiger partial charge in [0.2, 0.25) is 5.88 Å². The molecule has 192 valence electrons. The van der Waals surface area contributed by atoms with Gasteiger partial charge in [0.1, 0.15) is 23.1 Å². The maximum Gasteiger partial charge on any atom is 0.239 e. The molecule has 3 aromatic rings. The molecule has 2 aromatic heterocycles. The summed E-state index contributed by atoms with van der Waals surface area (Å²) < 4.78 is 5.72. The van der Waals surface area contributed by atoms with Gasteiger partial charge in [0.15, 0.2) is 5.65 Å². The number of aryl methyl sites for hydroxylation is 1. The van der Waals surface area contributed by atoms with E-state index in [9.17, 15) is 10.1 Å². The Balaban J connectivity index is 1.46. The minimum atomic E-state index is -0.0693. The molecule has 0 amide bonds. The van der Waals surface area contributed by atoms with E-state index in [1.165, 1.54) is 0 Å². The van der Waals surface area contributed by atoms with Crippen LogP contribution >= 0.6 is 0 Å². The molecule has 1 saturated heterocycles. The third-order valence-corrected chi connectivity index (χ3v) is 8.29. The number of nitrogens with one attached hydrogen (secondary N) is 1. The van der Waals surface area contributed by atoms with Gasteiger partial charge in [-0.15, -0.1) is 0 Å². The molecule has 1 aliphatic carbocycles. The minimum Gasteiger partial charge on any atom is -0.479 e. The fraction of sp³-hybridized carbons (Fsp3) is 0.483. The number of pyridine rings is 1. The van der Waals surface area contributed by atoms with Crippen LogP contribution in [0.5, 0.6) is 5.88 Å². The van der Waals surface area contributed by atoms with Gasteiger partial charge in [0, 0.05) is 25.9 Å². The van der Waals surface area contributed by atoms with Crippen LogP contribution in [-0.2, 0) is 4.79 Å². The quantitative estimate of drug-likeness (QED) is 0.497. The molecule has 1 N–H and O–H groups in total. The predicted molar refractivity (Wildman–Crippen MR) is 144 cm³/mol. The highest BCUT2D eigenvalue weighted by Gasteiger charge is 2.38. The smallest absolute Gasteiger partial charge is 0.239 e. The van der Waals surface area contributed by atoms with E-state index in [1.54, 1.807) is 7.11 Å². The second-order valence-electron chi connectivity index (χ2n) is 10.5. The molecule has 2 aliphatic rings. The average Bonchev–Trinajstić information content (AvgIpc) is 2.90. The van der Waals surface area contributed by atoms with Crippen LogP contribution in [-0.4, -0.2) is 40.9 Å². The Morgan fingerprint density at radius 1 is 1.11 bits per heavy atom. The molecule has 2 fully saturated rings. The molecular formula is C29H34N6O2. The van der Waals surface area contributed by atoms with Gasteiger partial charge in [0.05, 0.1) is 30.2 Å². The lowest BCUT2D eigenvalue weighted by atomic mass is 9.68. The van der Waals surface area contributed by atoms with Crippen LogP contribution in [0.25, 0.3) is 11.0 Å². The van der Waals surface area contributed by atoms with Crippen molar-refractivity contribution in [3.8, 4) is 11.9 Å². The van der Waals surface area contributed by atoms with E-state index in [4.69, 9.17) is 14.7 Å². The summed E-state index contributed by atoms with van der Waals surface area (Å²) in [5, 5.41) is 13.9. The summed E-state index contributed by atoms with van der Waals surface area (Å²) in [5.74, 6) is 2.32. The average molecular weight is 499 g/mol. The highest BCUT2D eigenvalue weighted by atomic mass is 16.5. The molecule has 0 bridgehead atoms. The Morgan fingerprint density at radius 2 is 1.84 bits per heavy atom. The molecule has 0 unspecified atom stereocenters. The number of nitrogens with zero attached hydrogens (tertiary/aromatic N) is 5. The van der Waals surface area contributed by atoms with Crippen molar-refractivity contribution >= 4 is 28.3 Å². The summed E-state index contributed by atoms with van der Waals surface area (Å²) in [6.45, 7) is 7.72. The van der Waals surface area contributed by atoms with Gasteiger partial charge in [-0.3, -0.25) is 4.79 Å². The zero-order chi connectivity index (χ0) is 26.2. The van der Waals surface area contributed by atoms with Crippen molar-refractivity contribution in [2.75, 3.05) is 30.4 Å². The second-order valence-corrected chi connectivity index (χ2v) is 10.5. The van der Waals surface area contributed by atoms with Crippen molar-refractivity contribution in [2.45, 2.75) is 65.3 Å². The van der Waals surface area contributed by atoms with Crippen LogP contribution in [0, 0.1) is 30.6 Å². The van der Waals surface area contributed by atoms with Gasteiger partial charge >= 0.3 is 0 Å². The van der Waals surface area contributed by atoms with E-state index in [-0.39, 0.29) is 6.04 Å². The monoisotopic (exact) mass is 498 g/mol. The topological polar surface area (TPSA) is 104 Å². The zero-order valence-corrected chi connectivity index (χ0v) is 22.1. The molecular weight excluding hydrogens is 464 g/mol. The van der Waals surface area contributed by atoms with Crippen LogP contribution in [0.3, 0.4) is 0 Å². The number of nitriles is 1. The fourth-order valence-corrected chi connectivity index (χ4v) is 5.93. The number of Topliss-reactive ketones (excluding diaryl/α,β-unsaturated/α-hetero) is 1. The zero-order valence-electron chi connectivity index (χ0n) is 22.1. The Bertz CT molecular complexity index is 1380. The van der Waals surface area contributed by atoms with Crippen molar-refractivity contribution in [2.24, 2.45) is 5.41 Å². The molecule has 0 radical (unpaired) electrons. The first-order valence-corrected chi connectivity index (χ1v) is 13.1. The third-order valence-electron chi connectivity index (χ3n) is 8.29. The Morgan fingerprint density at radius 3 is 2.51 bits per heavy atom. The lowest BCUT2D eigenvalue weighted by Gasteiger charge is -2.44. The number of ketones is 1. The standard InChI is InChI=1S/C29H34N6O2/c1-18-21(17-30)6-5-7-23(18)19(2)31-26-24-16-25(28(37-4)34-27(24)33-20(3)32-26)35-14-12-29(13-15-35)10-8-22(36)9-11-29/h5-7,16,19H,8-15H2,1-4H3,(H,31,32,33,34)/t19-/m1/s1. The van der Waals surface area contributed by atoms with Crippen molar-refractivity contribution in [3.05, 3.63) is 46.8 Å². The highest BCUT2D eigenvalue weighted by molar-refractivity contribution is 5.90. The molecule has 1 saturated carbocycles. The van der Waals surface area contributed by atoms with E-state index in [1.807, 2.05) is 32.0 Å². The molecule has 1 aromatic carbocycles. The van der Waals surface area contributed by atoms with Gasteiger partial charge in [-0.2, -0.15) is 10.2 Å². The summed E-state index contributed by atoms with van der Waals surface area (Å²) in [5.41, 5.74) is 4.52. The summed E-state index contributed by atoms with van der Waals surface area (Å²) in [4.78, 5) is 28.3. The fourth-order valence-electron chi connectivity index (χ4n) is 5.93. The van der Waals surface area contributed by atoms with Crippen LogP contribution < -0.4 is 15.0 Å². The first-order valence-electron chi connectivity index (χ1n) is 13.1. The number of rotatable bonds is 5. The molecule has 3 heterocycles. The maximum absolute atomic E-state index is 11.8. The SMILES string of the molecule is COc1nc2nc(C)nc(N[C@H](C)c3cccc(C#N)c3C)c2cc1N1CCC2(CCC(=O)CC2)CC1. The number of methoxy groups -OCH3 is 1. The summed E-state index contributed by atoms with van der Waals surface area (Å²) in [7, 11) is 1.65. The first-order chi connectivity index (χ1) is 17.8. The highest BCUT2D eigenvalue weighted by Crippen LogP contribution is 2.45. The number of benzene rings is 1. The van der Waals surface area contributed by atoms with E-state index in [0.29, 0.717) is 39.9 Å². The Kier molecular flexibility index (Phi) is 6.72. The van der Waals surface area contributed by atoms with Gasteiger partial charge in [-0.1, -0.05) is 12.1 Å². The number of piperidine rings is 1. The summed E-state index contributed by atoms with van der Waals surface area (Å²) in [6.07, 6.45) is 5.62. The third kappa shape index (κ3) is 4.83. The molecule has 1 aliphatic heterocycles. The van der Waals surface area contributed by atoms with Gasteiger partial charge in [-0.25, -0.2) is 9.97 Å². The predicted octanol–water partition coefficient (Wildman–Crippen LogP) is 5.42. The number of fused-ring (bicyclic) bond motifs is 1. The van der Waals surface area contributed by atoms with Crippen LogP contribution in [0.1, 0.15) is 74.0 Å². The van der Waals surface area contributed by atoms with E-state index in [2.05, 4.69) is 34.3 Å². The Hall–Kier alpha value is -3.73. The maximum atomic E-state index is 11.8. The van der Waals surface area contributed by atoms with E-state index in [0.717, 1.165) is 73.8 Å². The van der Waals surface area contributed by atoms with E-state index >= 15 is 0 Å². The van der Waals surface area contributed by atoms with Crippen molar-refractivity contribution in [3.63, 3.8) is 0 Å². The number of aromatic nitrogens is 3. The largest absolute Gasteiger partial charge is 0.479 e. The van der Waals surface area contributed by atoms with Crippen LogP contribution in [0.2, 0.25) is 0 Å². The first kappa shape index (κ1) is 24.9. The molecule has 5 rings (SSSR count). The minimum absolute atomic E-state index is 0.0693. The van der Waals surface area contributed by atoms with Crippen LogP contribution in [0.4, 0.5) is 11.5 Å². The number of hydrogen-bond acceptors (Lipinski definition) is 8. The van der Waals surface area contributed by atoms with Crippen molar-refractivity contribution in [1.29, 1.82) is 5.26 Å². The summed E-state index contributed by atoms with van der Waals surface area (Å²) in [6, 6.07) is 10.1. The molecule has 1 atom stereocenters. The van der Waals surface area contributed by atoms with Crippen molar-refractivity contribution < 1.29 is 9.53 Å². The van der Waals surface area contributed by atoms with Gasteiger partial charge < -0.3 is 15.0 Å². The molecule has 37 heavy (non-hydrogen) atoms. The number of hydrogen-bond donors (Lipinski definition) is 1. The molecule has 8 nitrogen and oxygen atoms in total. The number of ether oxygens (including phenoxy) is 1. The normalized spacial score (nSPS) is 18.0. The van der Waals surface area contributed by atoms with E-state index < -0.39 is 0 Å². The summed E-state index contributed by atoms with van der Waals surface area (Å²) >= 11 is 0. The van der Waals surface area contributed by atoms with Gasteiger partial charge in [0.25, 0.3) is 0 Å². The lowest BCUT2D eigenvalue weighted by molar-refractivity contribution is -0.122. The molecule has 8 heteroatoms. The lowest BCUT2D eigenvalue weighted by Crippen LogP contribution is -2.42. The number of anilines is 2. The number of carbonyl (C=O) groups excluding carboxylic acids is 1. The molecule has 1 spiro atoms. The number of carbonyl (C=O) groups is 1. The van der Waals surface area contributed by atoms with Crippen LogP contribution in [0.15, 0.2) is 24.3 Å². The van der Waals surface area contributed by atoms with Crippen molar-refractivity contribution in [1.82, 2.24) is 15.0 Å². The second kappa shape index (κ2) is 9.97. The van der Waals surface area contributed by atoms with Gasteiger partial charge in [-0.05, 0) is 75.1 Å².